The van der Waals surface area contributed by atoms with E-state index in [4.69, 9.17) is 13.8 Å². The number of aryl methyl sites for hydroxylation is 1. The van der Waals surface area contributed by atoms with Gasteiger partial charge in [-0.3, -0.25) is 9.36 Å². The monoisotopic (exact) mass is 328 g/mol. The van der Waals surface area contributed by atoms with Crippen LogP contribution in [0.4, 0.5) is 0 Å². The van der Waals surface area contributed by atoms with Crippen molar-refractivity contribution in [3.05, 3.63) is 35.4 Å². The molecule has 0 saturated carbocycles. The maximum absolute atomic E-state index is 13.0. The molecule has 124 valence electrons. The third-order valence-electron chi connectivity index (χ3n) is 3.11. The molecule has 0 spiro atoms. The lowest BCUT2D eigenvalue weighted by Gasteiger charge is -2.25. The van der Waals surface area contributed by atoms with Gasteiger partial charge in [-0.1, -0.05) is 29.8 Å². The van der Waals surface area contributed by atoms with Crippen LogP contribution >= 0.6 is 7.60 Å². The lowest BCUT2D eigenvalue weighted by Crippen LogP contribution is -2.28. The number of ether oxygens (including phenoxy) is 1. The summed E-state index contributed by atoms with van der Waals surface area (Å²) in [5.74, 6) is -0.548. The minimum atomic E-state index is -3.57. The van der Waals surface area contributed by atoms with E-state index >= 15 is 0 Å². The largest absolute Gasteiger partial charge is 0.465 e. The van der Waals surface area contributed by atoms with Crippen LogP contribution in [-0.2, 0) is 29.6 Å². The molecule has 1 unspecified atom stereocenters. The summed E-state index contributed by atoms with van der Waals surface area (Å²) < 4.78 is 28.7. The van der Waals surface area contributed by atoms with E-state index in [1.165, 1.54) is 0 Å². The van der Waals surface area contributed by atoms with Gasteiger partial charge in [0.25, 0.3) is 0 Å². The van der Waals surface area contributed by atoms with Crippen molar-refractivity contribution in [2.45, 2.75) is 39.8 Å². The molecule has 0 aliphatic rings. The summed E-state index contributed by atoms with van der Waals surface area (Å²) in [4.78, 5) is 12.3. The highest BCUT2D eigenvalue weighted by Crippen LogP contribution is 2.54. The molecule has 0 radical (unpaired) electrons. The smallest absolute Gasteiger partial charge is 0.345 e. The van der Waals surface area contributed by atoms with Gasteiger partial charge in [0.05, 0.1) is 19.8 Å². The van der Waals surface area contributed by atoms with Crippen molar-refractivity contribution in [1.29, 1.82) is 0 Å². The topological polar surface area (TPSA) is 61.8 Å². The van der Waals surface area contributed by atoms with Crippen LogP contribution in [0.5, 0.6) is 0 Å². The molecule has 1 atom stereocenters. The average molecular weight is 328 g/mol. The standard InChI is InChI=1S/C16H25O5P/c1-5-19-16(17)15(22(18,20-6-2)21-7-3)12-14-10-8-13(4)9-11-14/h8-11,15H,5-7,12H2,1-4H3. The quantitative estimate of drug-likeness (QED) is 0.510. The Bertz CT molecular complexity index is 502. The first-order valence-corrected chi connectivity index (χ1v) is 9.19. The average Bonchev–Trinajstić information content (AvgIpc) is 2.47. The van der Waals surface area contributed by atoms with Crippen molar-refractivity contribution in [3.63, 3.8) is 0 Å². The molecule has 0 amide bonds. The molecule has 0 heterocycles. The third kappa shape index (κ3) is 5.24. The second-order valence-electron chi connectivity index (χ2n) is 4.83. The van der Waals surface area contributed by atoms with Crippen LogP contribution in [0.25, 0.3) is 0 Å². The minimum absolute atomic E-state index is 0.209. The first kappa shape index (κ1) is 18.9. The van der Waals surface area contributed by atoms with Gasteiger partial charge >= 0.3 is 13.6 Å². The molecular weight excluding hydrogens is 303 g/mol. The Morgan fingerprint density at radius 2 is 1.59 bits per heavy atom. The van der Waals surface area contributed by atoms with E-state index in [2.05, 4.69) is 0 Å². The number of carbonyl (C=O) groups is 1. The number of hydrogen-bond acceptors (Lipinski definition) is 5. The first-order chi connectivity index (χ1) is 10.5. The molecular formula is C16H25O5P. The van der Waals surface area contributed by atoms with Gasteiger partial charge in [-0.2, -0.15) is 0 Å². The number of hydrogen-bond donors (Lipinski definition) is 0. The summed E-state index contributed by atoms with van der Waals surface area (Å²) in [6.07, 6.45) is 0.260. The highest BCUT2D eigenvalue weighted by molar-refractivity contribution is 7.55. The second-order valence-corrected chi connectivity index (χ2v) is 7.05. The lowest BCUT2D eigenvalue weighted by atomic mass is 10.1. The van der Waals surface area contributed by atoms with E-state index in [0.29, 0.717) is 0 Å². The number of benzene rings is 1. The van der Waals surface area contributed by atoms with Crippen molar-refractivity contribution in [3.8, 4) is 0 Å². The van der Waals surface area contributed by atoms with E-state index in [-0.39, 0.29) is 26.2 Å². The first-order valence-electron chi connectivity index (χ1n) is 7.57. The Kier molecular flexibility index (Phi) is 7.80. The zero-order valence-electron chi connectivity index (χ0n) is 13.7. The van der Waals surface area contributed by atoms with Crippen molar-refractivity contribution in [2.75, 3.05) is 19.8 Å². The van der Waals surface area contributed by atoms with Gasteiger partial charge in [0.1, 0.15) is 0 Å². The Morgan fingerprint density at radius 1 is 1.05 bits per heavy atom. The highest BCUT2D eigenvalue weighted by atomic mass is 31.2. The fourth-order valence-corrected chi connectivity index (χ4v) is 4.01. The van der Waals surface area contributed by atoms with Gasteiger partial charge in [-0.15, -0.1) is 0 Å². The molecule has 22 heavy (non-hydrogen) atoms. The normalized spacial score (nSPS) is 12.9. The molecule has 0 bridgehead atoms. The zero-order valence-corrected chi connectivity index (χ0v) is 14.6. The molecule has 0 aliphatic carbocycles. The number of rotatable bonds is 9. The maximum atomic E-state index is 13.0. The third-order valence-corrected chi connectivity index (χ3v) is 5.50. The fourth-order valence-electron chi connectivity index (χ4n) is 2.09. The Labute approximate surface area is 132 Å². The summed E-state index contributed by atoms with van der Waals surface area (Å²) in [5, 5.41) is 0. The molecule has 1 aromatic carbocycles. The summed E-state index contributed by atoms with van der Waals surface area (Å²) in [6, 6.07) is 7.71. The van der Waals surface area contributed by atoms with Crippen LogP contribution < -0.4 is 0 Å². The molecule has 1 rings (SSSR count). The molecule has 0 aliphatic heterocycles. The van der Waals surface area contributed by atoms with Gasteiger partial charge < -0.3 is 13.8 Å². The number of esters is 1. The molecule has 0 N–H and O–H groups in total. The van der Waals surface area contributed by atoms with Gasteiger partial charge in [-0.05, 0) is 39.7 Å². The van der Waals surface area contributed by atoms with E-state index in [0.717, 1.165) is 11.1 Å². The predicted octanol–water partition coefficient (Wildman–Crippen LogP) is 3.74. The van der Waals surface area contributed by atoms with E-state index in [1.54, 1.807) is 20.8 Å². The summed E-state index contributed by atoms with van der Waals surface area (Å²) in [5.41, 5.74) is 1.06. The molecule has 0 fully saturated rings. The molecule has 1 aromatic rings. The SMILES string of the molecule is CCOC(=O)C(Cc1ccc(C)cc1)P(=O)(OCC)OCC. The fraction of sp³-hybridized carbons (Fsp3) is 0.562. The van der Waals surface area contributed by atoms with Crippen LogP contribution in [0, 0.1) is 6.92 Å². The van der Waals surface area contributed by atoms with Crippen LogP contribution in [-0.4, -0.2) is 31.4 Å². The van der Waals surface area contributed by atoms with Gasteiger partial charge in [0.2, 0.25) is 0 Å². The van der Waals surface area contributed by atoms with E-state index in [9.17, 15) is 9.36 Å². The van der Waals surface area contributed by atoms with Crippen LogP contribution in [0.3, 0.4) is 0 Å². The van der Waals surface area contributed by atoms with Gasteiger partial charge in [0.15, 0.2) is 5.66 Å². The highest BCUT2D eigenvalue weighted by Gasteiger charge is 2.42. The van der Waals surface area contributed by atoms with Crippen molar-refractivity contribution in [1.82, 2.24) is 0 Å². The van der Waals surface area contributed by atoms with E-state index < -0.39 is 19.2 Å². The zero-order chi connectivity index (χ0) is 16.6. The molecule has 5 nitrogen and oxygen atoms in total. The molecule has 6 heteroatoms. The van der Waals surface area contributed by atoms with Crippen molar-refractivity contribution >= 4 is 13.6 Å². The molecule has 0 aromatic heterocycles. The summed E-state index contributed by atoms with van der Waals surface area (Å²) in [6.45, 7) is 7.79. The van der Waals surface area contributed by atoms with Crippen LogP contribution in [0.15, 0.2) is 24.3 Å². The molecule has 0 saturated heterocycles. The van der Waals surface area contributed by atoms with Gasteiger partial charge in [0, 0.05) is 0 Å². The number of carbonyl (C=O) groups excluding carboxylic acids is 1. The Balaban J connectivity index is 3.07. The van der Waals surface area contributed by atoms with Crippen LogP contribution in [0.2, 0.25) is 0 Å². The Hall–Kier alpha value is -1.16. The van der Waals surface area contributed by atoms with Gasteiger partial charge in [-0.25, -0.2) is 0 Å². The summed E-state index contributed by atoms with van der Waals surface area (Å²) >= 11 is 0. The lowest BCUT2D eigenvalue weighted by molar-refractivity contribution is -0.143. The second kappa shape index (κ2) is 9.09. The van der Waals surface area contributed by atoms with Crippen LogP contribution in [0.1, 0.15) is 31.9 Å². The Morgan fingerprint density at radius 3 is 2.05 bits per heavy atom. The van der Waals surface area contributed by atoms with Crippen molar-refractivity contribution < 1.29 is 23.1 Å². The minimum Gasteiger partial charge on any atom is -0.465 e. The van der Waals surface area contributed by atoms with E-state index in [1.807, 2.05) is 31.2 Å². The predicted molar refractivity (Wildman–Crippen MR) is 86.2 cm³/mol. The summed E-state index contributed by atoms with van der Waals surface area (Å²) in [7, 11) is -3.57. The van der Waals surface area contributed by atoms with Crippen molar-refractivity contribution in [2.24, 2.45) is 0 Å². The maximum Gasteiger partial charge on any atom is 0.345 e.